The second kappa shape index (κ2) is 10.3. The van der Waals surface area contributed by atoms with Gasteiger partial charge in [-0.05, 0) is 35.2 Å². The molecule has 0 saturated heterocycles. The molecular formula is C21H24O4. The first-order valence-corrected chi connectivity index (χ1v) is 8.63. The maximum absolute atomic E-state index is 11.8. The Balaban J connectivity index is 1.66. The Hall–Kier alpha value is -2.62. The van der Waals surface area contributed by atoms with Crippen LogP contribution < -0.4 is 0 Å². The molecule has 25 heavy (non-hydrogen) atoms. The molecule has 0 aromatic heterocycles. The van der Waals surface area contributed by atoms with Crippen LogP contribution in [-0.2, 0) is 25.7 Å². The van der Waals surface area contributed by atoms with Crippen molar-refractivity contribution < 1.29 is 19.1 Å². The Morgan fingerprint density at radius 1 is 0.920 bits per heavy atom. The highest BCUT2D eigenvalue weighted by atomic mass is 16.5. The molecule has 0 aliphatic carbocycles. The predicted octanol–water partition coefficient (Wildman–Crippen LogP) is 4.56. The van der Waals surface area contributed by atoms with Crippen molar-refractivity contribution in [3.63, 3.8) is 0 Å². The fraction of sp³-hybridized carbons (Fsp3) is 0.333. The minimum absolute atomic E-state index is 0.216. The summed E-state index contributed by atoms with van der Waals surface area (Å²) in [5.74, 6) is -0.588. The number of allylic oxidation sites excluding steroid dienone is 1. The van der Waals surface area contributed by atoms with E-state index in [1.54, 1.807) is 0 Å². The van der Waals surface area contributed by atoms with Crippen LogP contribution in [0.3, 0.4) is 0 Å². The van der Waals surface area contributed by atoms with Crippen LogP contribution in [0.25, 0.3) is 10.8 Å². The molecule has 4 heteroatoms. The standard InChI is InChI=1S/C21H24O4/c1-2-3-6-14-24-20(22)10-7-11-21(23)25-16-17-12-13-18-8-4-5-9-19(18)15-17/h3-6,8-9,12-13,15H,2,7,10-11,14,16H2,1H3/b6-3+. The molecule has 0 heterocycles. The number of fused-ring (bicyclic) bond motifs is 1. The van der Waals surface area contributed by atoms with E-state index in [9.17, 15) is 9.59 Å². The molecule has 0 aliphatic heterocycles. The smallest absolute Gasteiger partial charge is 0.306 e. The number of rotatable bonds is 9. The summed E-state index contributed by atoms with van der Waals surface area (Å²) in [4.78, 5) is 23.3. The summed E-state index contributed by atoms with van der Waals surface area (Å²) in [6, 6.07) is 14.0. The van der Waals surface area contributed by atoms with Crippen molar-refractivity contribution in [3.05, 3.63) is 60.2 Å². The van der Waals surface area contributed by atoms with Crippen molar-refractivity contribution in [2.24, 2.45) is 0 Å². The molecule has 0 fully saturated rings. The van der Waals surface area contributed by atoms with Crippen molar-refractivity contribution in [1.29, 1.82) is 0 Å². The second-order valence-corrected chi connectivity index (χ2v) is 5.76. The molecule has 4 nitrogen and oxygen atoms in total. The number of esters is 2. The summed E-state index contributed by atoms with van der Waals surface area (Å²) in [5, 5.41) is 2.28. The van der Waals surface area contributed by atoms with E-state index in [4.69, 9.17) is 9.47 Å². The van der Waals surface area contributed by atoms with Gasteiger partial charge in [-0.3, -0.25) is 9.59 Å². The maximum Gasteiger partial charge on any atom is 0.306 e. The first-order valence-electron chi connectivity index (χ1n) is 8.63. The van der Waals surface area contributed by atoms with Gasteiger partial charge in [0.25, 0.3) is 0 Å². The third-order valence-corrected chi connectivity index (χ3v) is 3.72. The van der Waals surface area contributed by atoms with Gasteiger partial charge in [0.05, 0.1) is 0 Å². The van der Waals surface area contributed by atoms with Crippen molar-refractivity contribution in [3.8, 4) is 0 Å². The predicted molar refractivity (Wildman–Crippen MR) is 98.0 cm³/mol. The van der Waals surface area contributed by atoms with Crippen LogP contribution >= 0.6 is 0 Å². The minimum atomic E-state index is -0.299. The number of hydrogen-bond donors (Lipinski definition) is 0. The van der Waals surface area contributed by atoms with E-state index < -0.39 is 0 Å². The molecule has 0 spiro atoms. The first kappa shape index (κ1) is 18.7. The number of ether oxygens (including phenoxy) is 2. The summed E-state index contributed by atoms with van der Waals surface area (Å²) in [5.41, 5.74) is 0.953. The van der Waals surface area contributed by atoms with Crippen molar-refractivity contribution in [1.82, 2.24) is 0 Å². The van der Waals surface area contributed by atoms with Crippen molar-refractivity contribution >= 4 is 22.7 Å². The fourth-order valence-electron chi connectivity index (χ4n) is 2.39. The fourth-order valence-corrected chi connectivity index (χ4v) is 2.39. The molecule has 0 atom stereocenters. The van der Waals surface area contributed by atoms with Gasteiger partial charge in [0, 0.05) is 12.8 Å². The topological polar surface area (TPSA) is 52.6 Å². The van der Waals surface area contributed by atoms with Crippen LogP contribution in [0.5, 0.6) is 0 Å². The van der Waals surface area contributed by atoms with E-state index in [0.29, 0.717) is 13.0 Å². The first-order chi connectivity index (χ1) is 12.2. The van der Waals surface area contributed by atoms with Crippen LogP contribution in [-0.4, -0.2) is 18.5 Å². The Kier molecular flexibility index (Phi) is 7.70. The number of carbonyl (C=O) groups excluding carboxylic acids is 2. The third kappa shape index (κ3) is 6.79. The molecular weight excluding hydrogens is 316 g/mol. The lowest BCUT2D eigenvalue weighted by Gasteiger charge is -2.06. The normalized spacial score (nSPS) is 10.9. The molecule has 0 amide bonds. The summed E-state index contributed by atoms with van der Waals surface area (Å²) in [7, 11) is 0. The molecule has 2 aromatic carbocycles. The van der Waals surface area contributed by atoms with E-state index >= 15 is 0 Å². The monoisotopic (exact) mass is 340 g/mol. The average Bonchev–Trinajstić information content (AvgIpc) is 2.63. The number of benzene rings is 2. The van der Waals surface area contributed by atoms with E-state index in [2.05, 4.69) is 0 Å². The van der Waals surface area contributed by atoms with Crippen molar-refractivity contribution in [2.45, 2.75) is 39.2 Å². The summed E-state index contributed by atoms with van der Waals surface area (Å²) < 4.78 is 10.3. The number of carbonyl (C=O) groups is 2. The molecule has 0 unspecified atom stereocenters. The van der Waals surface area contributed by atoms with E-state index in [1.165, 1.54) is 0 Å². The van der Waals surface area contributed by atoms with Gasteiger partial charge in [-0.2, -0.15) is 0 Å². The summed E-state index contributed by atoms with van der Waals surface area (Å²) in [6.45, 7) is 2.55. The average molecular weight is 340 g/mol. The van der Waals surface area contributed by atoms with Gasteiger partial charge in [0.1, 0.15) is 13.2 Å². The highest BCUT2D eigenvalue weighted by Gasteiger charge is 2.07. The second-order valence-electron chi connectivity index (χ2n) is 5.76. The Morgan fingerprint density at radius 3 is 2.40 bits per heavy atom. The molecule has 0 bridgehead atoms. The summed E-state index contributed by atoms with van der Waals surface area (Å²) >= 11 is 0. The van der Waals surface area contributed by atoms with Gasteiger partial charge in [-0.1, -0.05) is 55.5 Å². The molecule has 0 saturated carbocycles. The van der Waals surface area contributed by atoms with Gasteiger partial charge in [0.2, 0.25) is 0 Å². The zero-order valence-electron chi connectivity index (χ0n) is 14.6. The summed E-state index contributed by atoms with van der Waals surface area (Å²) in [6.07, 6.45) is 5.55. The quantitative estimate of drug-likeness (QED) is 0.496. The van der Waals surface area contributed by atoms with E-state index in [-0.39, 0.29) is 31.4 Å². The van der Waals surface area contributed by atoms with Gasteiger partial charge < -0.3 is 9.47 Å². The van der Waals surface area contributed by atoms with E-state index in [0.717, 1.165) is 22.8 Å². The Labute approximate surface area is 148 Å². The highest BCUT2D eigenvalue weighted by molar-refractivity contribution is 5.83. The lowest BCUT2D eigenvalue weighted by atomic mass is 10.1. The van der Waals surface area contributed by atoms with Gasteiger partial charge in [0.15, 0.2) is 0 Å². The van der Waals surface area contributed by atoms with Crippen LogP contribution in [0, 0.1) is 0 Å². The highest BCUT2D eigenvalue weighted by Crippen LogP contribution is 2.16. The molecule has 0 aliphatic rings. The Morgan fingerprint density at radius 2 is 1.64 bits per heavy atom. The van der Waals surface area contributed by atoms with Gasteiger partial charge in [-0.15, -0.1) is 0 Å². The maximum atomic E-state index is 11.8. The van der Waals surface area contributed by atoms with Crippen LogP contribution in [0.1, 0.15) is 38.2 Å². The minimum Gasteiger partial charge on any atom is -0.461 e. The molecule has 0 N–H and O–H groups in total. The van der Waals surface area contributed by atoms with Crippen LogP contribution in [0.15, 0.2) is 54.6 Å². The number of hydrogen-bond acceptors (Lipinski definition) is 4. The molecule has 2 aromatic rings. The third-order valence-electron chi connectivity index (χ3n) is 3.72. The molecule has 0 radical (unpaired) electrons. The largest absolute Gasteiger partial charge is 0.461 e. The molecule has 2 rings (SSSR count). The van der Waals surface area contributed by atoms with Crippen LogP contribution in [0.2, 0.25) is 0 Å². The lowest BCUT2D eigenvalue weighted by Crippen LogP contribution is -2.08. The SMILES string of the molecule is CC/C=C/COC(=O)CCCC(=O)OCc1ccc2ccccc2c1. The van der Waals surface area contributed by atoms with E-state index in [1.807, 2.05) is 61.5 Å². The van der Waals surface area contributed by atoms with Crippen molar-refractivity contribution in [2.75, 3.05) is 6.61 Å². The van der Waals surface area contributed by atoms with Gasteiger partial charge >= 0.3 is 11.9 Å². The zero-order valence-corrected chi connectivity index (χ0v) is 14.6. The Bertz CT molecular complexity index is 734. The molecule has 132 valence electrons. The van der Waals surface area contributed by atoms with Gasteiger partial charge in [-0.25, -0.2) is 0 Å². The zero-order chi connectivity index (χ0) is 17.9. The lowest BCUT2D eigenvalue weighted by molar-refractivity contribution is -0.145. The van der Waals surface area contributed by atoms with Crippen LogP contribution in [0.4, 0.5) is 0 Å².